The van der Waals surface area contributed by atoms with Gasteiger partial charge in [-0.3, -0.25) is 4.79 Å². The summed E-state index contributed by atoms with van der Waals surface area (Å²) in [5.41, 5.74) is 4.20. The lowest BCUT2D eigenvalue weighted by Crippen LogP contribution is -2.46. The van der Waals surface area contributed by atoms with E-state index < -0.39 is 12.0 Å². The Morgan fingerprint density at radius 2 is 1.68 bits per heavy atom. The smallest absolute Gasteiger partial charge is 0.420 e. The van der Waals surface area contributed by atoms with E-state index in [1.165, 1.54) is 0 Å². The summed E-state index contributed by atoms with van der Waals surface area (Å²) in [5, 5.41) is 13.3. The quantitative estimate of drug-likeness (QED) is 0.503. The Morgan fingerprint density at radius 1 is 0.947 bits per heavy atom. The molecule has 194 valence electrons. The number of fused-ring (bicyclic) bond motifs is 2. The highest BCUT2D eigenvalue weighted by Gasteiger charge is 2.50. The molecule has 2 N–H and O–H groups in total. The number of benzene rings is 3. The number of ether oxygens (including phenoxy) is 2. The van der Waals surface area contributed by atoms with Crippen LogP contribution in [0.25, 0.3) is 0 Å². The van der Waals surface area contributed by atoms with Crippen LogP contribution in [0, 0.1) is 0 Å². The van der Waals surface area contributed by atoms with Crippen LogP contribution in [-0.4, -0.2) is 46.6 Å². The molecule has 0 bridgehead atoms. The Morgan fingerprint density at radius 3 is 2.50 bits per heavy atom. The molecule has 2 aliphatic heterocycles. The largest absolute Gasteiger partial charge is 0.454 e. The van der Waals surface area contributed by atoms with E-state index in [0.717, 1.165) is 22.4 Å². The van der Waals surface area contributed by atoms with E-state index in [9.17, 15) is 14.7 Å². The average Bonchev–Trinajstić information content (AvgIpc) is 3.42. The summed E-state index contributed by atoms with van der Waals surface area (Å²) >= 11 is 0. The maximum Gasteiger partial charge on any atom is 0.420 e. The summed E-state index contributed by atoms with van der Waals surface area (Å²) < 4.78 is 13.0. The number of nitrogens with one attached hydrogen (secondary N) is 1. The number of hydrogen-bond donors (Lipinski definition) is 2. The van der Waals surface area contributed by atoms with Gasteiger partial charge >= 0.3 is 5.91 Å². The molecule has 7 heteroatoms. The molecule has 7 nitrogen and oxygen atoms in total. The molecule has 1 aliphatic carbocycles. The molecule has 2 atom stereocenters. The van der Waals surface area contributed by atoms with Crippen molar-refractivity contribution in [1.82, 2.24) is 5.32 Å². The average molecular weight is 512 g/mol. The maximum absolute atomic E-state index is 14.0. The van der Waals surface area contributed by atoms with E-state index in [0.29, 0.717) is 55.7 Å². The van der Waals surface area contributed by atoms with E-state index in [-0.39, 0.29) is 24.7 Å². The molecule has 3 aromatic carbocycles. The second kappa shape index (κ2) is 10.4. The Hall–Kier alpha value is -3.97. The summed E-state index contributed by atoms with van der Waals surface area (Å²) in [6.07, 6.45) is 2.77. The van der Waals surface area contributed by atoms with Gasteiger partial charge in [-0.05, 0) is 54.7 Å². The molecule has 0 spiro atoms. The van der Waals surface area contributed by atoms with Crippen LogP contribution in [0.15, 0.2) is 72.8 Å². The summed E-state index contributed by atoms with van der Waals surface area (Å²) in [6.45, 7) is 0.639. The second-order valence-corrected chi connectivity index (χ2v) is 10.1. The lowest BCUT2D eigenvalue weighted by atomic mass is 9.79. The standard InChI is InChI=1S/C31H30N2O5/c34-23-13-11-22(12-14-23)33-29(21-10-15-26-27(18-21)38-19-37-26)28(24-8-4-5-9-25(24)31(33)36)30(35)32-17-16-20-6-2-1-3-7-20/h1-10,15,18,23,28-29,34H,11-14,16-17,19H2/p+1/t23?,28-,29+/m1/s1. The predicted molar refractivity (Wildman–Crippen MR) is 142 cm³/mol. The molecular weight excluding hydrogens is 480 g/mol. The third-order valence-electron chi connectivity index (χ3n) is 7.79. The Balaban J connectivity index is 1.43. The zero-order valence-electron chi connectivity index (χ0n) is 21.1. The number of amides is 2. The minimum atomic E-state index is -0.612. The SMILES string of the molecule is O=C(NCCc1ccccc1)[C@@H]1c2ccccc2C(=O)[N+](=C2CCC(O)CC2)[C@H]1c1ccc2c(c1)OCO2. The van der Waals surface area contributed by atoms with Gasteiger partial charge in [0.2, 0.25) is 18.7 Å². The lowest BCUT2D eigenvalue weighted by molar-refractivity contribution is -0.487. The third kappa shape index (κ3) is 4.58. The molecule has 38 heavy (non-hydrogen) atoms. The van der Waals surface area contributed by atoms with E-state index in [2.05, 4.69) is 5.32 Å². The fourth-order valence-electron chi connectivity index (χ4n) is 5.86. The second-order valence-electron chi connectivity index (χ2n) is 10.1. The van der Waals surface area contributed by atoms with Gasteiger partial charge < -0.3 is 19.9 Å². The van der Waals surface area contributed by atoms with Crippen LogP contribution in [0.1, 0.15) is 64.7 Å². The molecule has 3 aromatic rings. The van der Waals surface area contributed by atoms with Crippen molar-refractivity contribution in [3.05, 3.63) is 95.1 Å². The molecule has 3 aliphatic rings. The number of nitrogens with zero attached hydrogens (tertiary/aromatic N) is 1. The van der Waals surface area contributed by atoms with Gasteiger partial charge in [0.05, 0.1) is 11.7 Å². The highest BCUT2D eigenvalue weighted by atomic mass is 16.7. The Bertz CT molecular complexity index is 1390. The van der Waals surface area contributed by atoms with Crippen molar-refractivity contribution in [3.63, 3.8) is 0 Å². The van der Waals surface area contributed by atoms with Crippen LogP contribution in [0.4, 0.5) is 0 Å². The van der Waals surface area contributed by atoms with Crippen LogP contribution in [0.2, 0.25) is 0 Å². The zero-order chi connectivity index (χ0) is 26.1. The molecule has 2 amide bonds. The molecule has 0 saturated heterocycles. The Labute approximate surface area is 221 Å². The first-order valence-electron chi connectivity index (χ1n) is 13.3. The fourth-order valence-corrected chi connectivity index (χ4v) is 5.86. The van der Waals surface area contributed by atoms with Gasteiger partial charge in [0.25, 0.3) is 0 Å². The highest BCUT2D eigenvalue weighted by Crippen LogP contribution is 2.44. The molecule has 2 heterocycles. The first kappa shape index (κ1) is 24.4. The van der Waals surface area contributed by atoms with Crippen molar-refractivity contribution in [3.8, 4) is 11.5 Å². The van der Waals surface area contributed by atoms with Crippen LogP contribution < -0.4 is 14.8 Å². The maximum atomic E-state index is 14.0. The predicted octanol–water partition coefficient (Wildman–Crippen LogP) is 4.14. The first-order chi connectivity index (χ1) is 18.6. The number of carbonyl (C=O) groups excluding carboxylic acids is 2. The van der Waals surface area contributed by atoms with Crippen molar-refractivity contribution in [1.29, 1.82) is 0 Å². The van der Waals surface area contributed by atoms with Crippen molar-refractivity contribution in [2.24, 2.45) is 0 Å². The van der Waals surface area contributed by atoms with Gasteiger partial charge in [0.15, 0.2) is 17.2 Å². The first-order valence-corrected chi connectivity index (χ1v) is 13.3. The van der Waals surface area contributed by atoms with Crippen molar-refractivity contribution in [2.75, 3.05) is 13.3 Å². The number of hydrogen-bond acceptors (Lipinski definition) is 5. The highest BCUT2D eigenvalue weighted by molar-refractivity contribution is 5.99. The van der Waals surface area contributed by atoms with Crippen LogP contribution >= 0.6 is 0 Å². The number of aliphatic hydroxyl groups is 1. The molecule has 0 unspecified atom stereocenters. The van der Waals surface area contributed by atoms with Crippen LogP contribution in [-0.2, 0) is 11.2 Å². The van der Waals surface area contributed by atoms with Gasteiger partial charge in [-0.1, -0.05) is 48.5 Å². The lowest BCUT2D eigenvalue weighted by Gasteiger charge is -2.31. The molecule has 0 radical (unpaired) electrons. The summed E-state index contributed by atoms with van der Waals surface area (Å²) in [4.78, 5) is 28.0. The molecule has 1 fully saturated rings. The van der Waals surface area contributed by atoms with Gasteiger partial charge in [0.1, 0.15) is 5.92 Å². The minimum absolute atomic E-state index is 0.108. The van der Waals surface area contributed by atoms with E-state index in [4.69, 9.17) is 9.47 Å². The van der Waals surface area contributed by atoms with E-state index >= 15 is 0 Å². The monoisotopic (exact) mass is 511 g/mol. The van der Waals surface area contributed by atoms with Gasteiger partial charge in [-0.2, -0.15) is 4.58 Å². The molecule has 6 rings (SSSR count). The number of carbonyl (C=O) groups is 2. The van der Waals surface area contributed by atoms with Gasteiger partial charge in [-0.15, -0.1) is 0 Å². The number of rotatable bonds is 5. The summed E-state index contributed by atoms with van der Waals surface area (Å²) in [5.74, 6) is 0.425. The van der Waals surface area contributed by atoms with E-state index in [1.54, 1.807) is 0 Å². The minimum Gasteiger partial charge on any atom is -0.454 e. The Kier molecular flexibility index (Phi) is 6.68. The molecule has 1 saturated carbocycles. The summed E-state index contributed by atoms with van der Waals surface area (Å²) in [7, 11) is 0. The van der Waals surface area contributed by atoms with E-state index in [1.807, 2.05) is 77.4 Å². The third-order valence-corrected chi connectivity index (χ3v) is 7.79. The van der Waals surface area contributed by atoms with Gasteiger partial charge in [-0.25, -0.2) is 4.79 Å². The molecule has 0 aromatic heterocycles. The van der Waals surface area contributed by atoms with Crippen molar-refractivity contribution < 1.29 is 28.7 Å². The topological polar surface area (TPSA) is 87.9 Å². The van der Waals surface area contributed by atoms with Crippen LogP contribution in [0.3, 0.4) is 0 Å². The van der Waals surface area contributed by atoms with Crippen molar-refractivity contribution in [2.45, 2.75) is 50.2 Å². The zero-order valence-corrected chi connectivity index (χ0v) is 21.1. The van der Waals surface area contributed by atoms with Crippen molar-refractivity contribution >= 4 is 17.5 Å². The normalized spacial score (nSPS) is 22.2. The molecular formula is C31H31N2O5+. The fraction of sp³-hybridized carbons (Fsp3) is 0.323. The van der Waals surface area contributed by atoms with Gasteiger partial charge in [0, 0.05) is 24.9 Å². The number of aliphatic hydroxyl groups excluding tert-OH is 1. The van der Waals surface area contributed by atoms with Crippen LogP contribution in [0.5, 0.6) is 11.5 Å². The summed E-state index contributed by atoms with van der Waals surface area (Å²) in [6, 6.07) is 22.6.